The van der Waals surface area contributed by atoms with Crippen LogP contribution in [0.2, 0.25) is 0 Å². The minimum absolute atomic E-state index is 0.128. The lowest BCUT2D eigenvalue weighted by Gasteiger charge is -2.23. The van der Waals surface area contributed by atoms with Crippen LogP contribution in [0.5, 0.6) is 0 Å². The third-order valence-electron chi connectivity index (χ3n) is 8.22. The number of benzene rings is 3. The first kappa shape index (κ1) is 37.0. The number of halogens is 1. The molecule has 4 aromatic rings. The number of carboxylic acids is 1. The van der Waals surface area contributed by atoms with Gasteiger partial charge >= 0.3 is 11.9 Å². The molecular formula is C38H45FN4O6. The van der Waals surface area contributed by atoms with Gasteiger partial charge in [-0.1, -0.05) is 62.4 Å². The van der Waals surface area contributed by atoms with E-state index >= 15 is 0 Å². The molecule has 0 aliphatic heterocycles. The van der Waals surface area contributed by atoms with Crippen molar-refractivity contribution in [2.45, 2.75) is 76.7 Å². The van der Waals surface area contributed by atoms with Crippen molar-refractivity contribution in [2.24, 2.45) is 11.5 Å². The summed E-state index contributed by atoms with van der Waals surface area (Å²) in [5, 5.41) is 23.8. The molecule has 3 aromatic carbocycles. The van der Waals surface area contributed by atoms with Crippen LogP contribution in [0.15, 0.2) is 84.9 Å². The summed E-state index contributed by atoms with van der Waals surface area (Å²) in [6.07, 6.45) is -1.91. The van der Waals surface area contributed by atoms with Gasteiger partial charge in [0.1, 0.15) is 18.0 Å². The molecule has 1 aromatic heterocycles. The Bertz CT molecular complexity index is 1690. The number of ether oxygens (including phenoxy) is 1. The van der Waals surface area contributed by atoms with E-state index in [0.717, 1.165) is 5.56 Å². The highest BCUT2D eigenvalue weighted by Crippen LogP contribution is 2.42. The van der Waals surface area contributed by atoms with Gasteiger partial charge in [-0.05, 0) is 79.3 Å². The molecule has 1 amide bonds. The number of carbonyl (C=O) groups is 3. The van der Waals surface area contributed by atoms with Crippen molar-refractivity contribution in [3.63, 3.8) is 0 Å². The number of carboxylic acid groups (broad SMARTS) is 1. The number of esters is 1. The molecule has 49 heavy (non-hydrogen) atoms. The minimum Gasteiger partial charge on any atom is -0.481 e. The third kappa shape index (κ3) is 9.85. The highest BCUT2D eigenvalue weighted by atomic mass is 19.1. The topological polar surface area (TPSA) is 170 Å². The summed E-state index contributed by atoms with van der Waals surface area (Å²) in [6.45, 7) is 4.50. The SMILES string of the molecule is CC(C)c1c(C(=O)Nc2ccccc2)c(-c2ccccc2)c(-c2ccc(F)cc2)n1CC[C@@H](O)C[C@H](CC(=O)O)OC(=O)[C@@H](N)CCCN. The van der Waals surface area contributed by atoms with Crippen molar-refractivity contribution in [3.8, 4) is 22.4 Å². The third-order valence-corrected chi connectivity index (χ3v) is 8.22. The molecule has 0 bridgehead atoms. The van der Waals surface area contributed by atoms with Gasteiger partial charge in [-0.25, -0.2) is 4.39 Å². The Balaban J connectivity index is 1.77. The van der Waals surface area contributed by atoms with E-state index in [1.165, 1.54) is 12.1 Å². The van der Waals surface area contributed by atoms with E-state index in [1.54, 1.807) is 24.3 Å². The van der Waals surface area contributed by atoms with Crippen LogP contribution in [0.3, 0.4) is 0 Å². The zero-order valence-corrected chi connectivity index (χ0v) is 27.8. The number of rotatable bonds is 17. The zero-order valence-electron chi connectivity index (χ0n) is 27.8. The molecular weight excluding hydrogens is 627 g/mol. The number of hydrogen-bond donors (Lipinski definition) is 5. The molecule has 11 heteroatoms. The van der Waals surface area contributed by atoms with Crippen LogP contribution in [0.1, 0.15) is 67.9 Å². The maximum absolute atomic E-state index is 14.2. The molecule has 3 atom stereocenters. The van der Waals surface area contributed by atoms with Gasteiger partial charge < -0.3 is 36.3 Å². The van der Waals surface area contributed by atoms with Crippen LogP contribution in [-0.2, 0) is 20.9 Å². The van der Waals surface area contributed by atoms with Gasteiger partial charge in [0.2, 0.25) is 0 Å². The number of aliphatic hydroxyl groups excluding tert-OH is 1. The van der Waals surface area contributed by atoms with Gasteiger partial charge in [-0.2, -0.15) is 0 Å². The van der Waals surface area contributed by atoms with Crippen molar-refractivity contribution < 1.29 is 33.7 Å². The number of amides is 1. The Morgan fingerprint density at radius 2 is 1.55 bits per heavy atom. The summed E-state index contributed by atoms with van der Waals surface area (Å²) in [5.41, 5.74) is 16.0. The van der Waals surface area contributed by atoms with E-state index < -0.39 is 42.4 Å². The van der Waals surface area contributed by atoms with Crippen molar-refractivity contribution in [1.29, 1.82) is 0 Å². The second-order valence-electron chi connectivity index (χ2n) is 12.4. The fourth-order valence-corrected chi connectivity index (χ4v) is 5.98. The van der Waals surface area contributed by atoms with E-state index in [0.29, 0.717) is 53.2 Å². The van der Waals surface area contributed by atoms with Crippen molar-refractivity contribution in [1.82, 2.24) is 4.57 Å². The van der Waals surface area contributed by atoms with Gasteiger partial charge in [0.25, 0.3) is 5.91 Å². The Morgan fingerprint density at radius 3 is 2.14 bits per heavy atom. The largest absolute Gasteiger partial charge is 0.481 e. The number of nitrogens with one attached hydrogen (secondary N) is 1. The van der Waals surface area contributed by atoms with Crippen molar-refractivity contribution in [3.05, 3.63) is 102 Å². The first-order chi connectivity index (χ1) is 23.5. The highest BCUT2D eigenvalue weighted by Gasteiger charge is 2.31. The lowest BCUT2D eigenvalue weighted by atomic mass is 9.94. The van der Waals surface area contributed by atoms with E-state index in [9.17, 15) is 29.0 Å². The van der Waals surface area contributed by atoms with E-state index in [2.05, 4.69) is 5.32 Å². The smallest absolute Gasteiger partial charge is 0.323 e. The van der Waals surface area contributed by atoms with Crippen molar-refractivity contribution >= 4 is 23.5 Å². The summed E-state index contributed by atoms with van der Waals surface area (Å²) in [4.78, 5) is 38.4. The number of anilines is 1. The van der Waals surface area contributed by atoms with E-state index in [4.69, 9.17) is 16.2 Å². The maximum atomic E-state index is 14.2. The van der Waals surface area contributed by atoms with Gasteiger partial charge in [0, 0.05) is 29.9 Å². The van der Waals surface area contributed by atoms with Crippen LogP contribution in [0, 0.1) is 5.82 Å². The second kappa shape index (κ2) is 17.5. The van der Waals surface area contributed by atoms with E-state index in [1.807, 2.05) is 66.9 Å². The molecule has 0 saturated heterocycles. The van der Waals surface area contributed by atoms with Crippen LogP contribution in [0.25, 0.3) is 22.4 Å². The quantitative estimate of drug-likeness (QED) is 0.0860. The number of para-hydroxylation sites is 1. The number of hydrogen-bond acceptors (Lipinski definition) is 7. The average Bonchev–Trinajstić information content (AvgIpc) is 3.42. The molecule has 4 rings (SSSR count). The molecule has 1 heterocycles. The van der Waals surface area contributed by atoms with Crippen LogP contribution in [-0.4, -0.2) is 57.4 Å². The molecule has 7 N–H and O–H groups in total. The van der Waals surface area contributed by atoms with Gasteiger partial charge in [-0.15, -0.1) is 0 Å². The lowest BCUT2D eigenvalue weighted by molar-refractivity contribution is -0.155. The van der Waals surface area contributed by atoms with Crippen LogP contribution in [0.4, 0.5) is 10.1 Å². The fourth-order valence-electron chi connectivity index (χ4n) is 5.98. The normalized spacial score (nSPS) is 13.1. The zero-order chi connectivity index (χ0) is 35.5. The summed E-state index contributed by atoms with van der Waals surface area (Å²) >= 11 is 0. The Kier molecular flexibility index (Phi) is 13.2. The summed E-state index contributed by atoms with van der Waals surface area (Å²) in [5.74, 6) is -2.84. The molecule has 0 saturated carbocycles. The number of nitrogens with zero attached hydrogens (tertiary/aromatic N) is 1. The maximum Gasteiger partial charge on any atom is 0.323 e. The number of aromatic nitrogens is 1. The number of carbonyl (C=O) groups excluding carboxylic acids is 2. The standard InChI is InChI=1S/C38H45FN4O6/c1-24(2)35-34(37(47)42-28-12-7-4-8-13-28)33(25-10-5-3-6-11-25)36(26-15-17-27(39)18-16-26)43(35)21-19-29(44)22-30(23-32(45)46)49-38(48)31(41)14-9-20-40/h3-8,10-13,15-18,24,29-31,44H,9,14,19-23,40-41H2,1-2H3,(H,42,47)(H,45,46)/t29-,30-,31+/m1/s1. The lowest BCUT2D eigenvalue weighted by Crippen LogP contribution is -2.37. The second-order valence-corrected chi connectivity index (χ2v) is 12.4. The Morgan fingerprint density at radius 1 is 0.918 bits per heavy atom. The molecule has 0 aliphatic carbocycles. The van der Waals surface area contributed by atoms with Crippen molar-refractivity contribution in [2.75, 3.05) is 11.9 Å². The molecule has 260 valence electrons. The molecule has 0 radical (unpaired) electrons. The van der Waals surface area contributed by atoms with Crippen LogP contribution < -0.4 is 16.8 Å². The highest BCUT2D eigenvalue weighted by molar-refractivity contribution is 6.12. The summed E-state index contributed by atoms with van der Waals surface area (Å²) in [6, 6.07) is 23.7. The first-order valence-electron chi connectivity index (χ1n) is 16.5. The summed E-state index contributed by atoms with van der Waals surface area (Å²) in [7, 11) is 0. The van der Waals surface area contributed by atoms with Crippen LogP contribution >= 0.6 is 0 Å². The monoisotopic (exact) mass is 672 g/mol. The number of aliphatic carboxylic acids is 1. The van der Waals surface area contributed by atoms with E-state index in [-0.39, 0.29) is 31.2 Å². The Hall–Kier alpha value is -4.84. The molecule has 0 unspecified atom stereocenters. The average molecular weight is 673 g/mol. The Labute approximate surface area is 285 Å². The fraction of sp³-hybridized carbons (Fsp3) is 0.342. The van der Waals surface area contributed by atoms with Gasteiger partial charge in [0.15, 0.2) is 0 Å². The minimum atomic E-state index is -1.19. The van der Waals surface area contributed by atoms with Gasteiger partial charge in [0.05, 0.1) is 23.8 Å². The first-order valence-corrected chi connectivity index (χ1v) is 16.5. The predicted molar refractivity (Wildman–Crippen MR) is 187 cm³/mol. The predicted octanol–water partition coefficient (Wildman–Crippen LogP) is 5.93. The molecule has 0 fully saturated rings. The number of nitrogens with two attached hydrogens (primary N) is 2. The molecule has 0 aliphatic rings. The number of aliphatic hydroxyl groups is 1. The molecule has 0 spiro atoms. The summed E-state index contributed by atoms with van der Waals surface area (Å²) < 4.78 is 21.6. The van der Waals surface area contributed by atoms with Gasteiger partial charge in [-0.3, -0.25) is 14.4 Å². The molecule has 10 nitrogen and oxygen atoms in total.